The van der Waals surface area contributed by atoms with Crippen LogP contribution < -0.4 is 26.8 Å². The molecule has 5 heterocycles. The lowest BCUT2D eigenvalue weighted by Crippen LogP contribution is -2.43. The zero-order valence-electron chi connectivity index (χ0n) is 21.5. The zero-order valence-corrected chi connectivity index (χ0v) is 22.3. The number of hydrogen-bond donors (Lipinski definition) is 2. The number of amides is 2. The number of fused-ring (bicyclic) bond motifs is 2. The maximum Gasteiger partial charge on any atom is 0.332 e. The Morgan fingerprint density at radius 1 is 1.15 bits per heavy atom. The average molecular weight is 551 g/mol. The summed E-state index contributed by atoms with van der Waals surface area (Å²) in [4.78, 5) is 70.7. The molecule has 4 aromatic rings. The lowest BCUT2D eigenvalue weighted by molar-refractivity contribution is -0.121. The maximum atomic E-state index is 13.2. The van der Waals surface area contributed by atoms with Crippen LogP contribution in [0.3, 0.4) is 0 Å². The van der Waals surface area contributed by atoms with Crippen LogP contribution in [0.5, 0.6) is 0 Å². The van der Waals surface area contributed by atoms with Gasteiger partial charge in [0.1, 0.15) is 23.4 Å². The van der Waals surface area contributed by atoms with Gasteiger partial charge in [-0.2, -0.15) is 0 Å². The first-order valence-electron chi connectivity index (χ1n) is 12.5. The molecule has 202 valence electrons. The van der Waals surface area contributed by atoms with Crippen molar-refractivity contribution < 1.29 is 9.59 Å². The molecule has 6 rings (SSSR count). The van der Waals surface area contributed by atoms with E-state index in [2.05, 4.69) is 35.5 Å². The standard InChI is InChI=1S/C24H26N10O4S/c1-12(34-11-28-19-18(34)22(37)33(9-17(35)25-2)24(38)31(19)3)20(36)29-16-10-39-21(30-16)15-5-26-23(27-6-15)32-7-13-4-14(13)8-32/h5-6,10-14H,4,7-9H2,1-3H3,(H,25,35)(H,29,36). The summed E-state index contributed by atoms with van der Waals surface area (Å²) < 4.78 is 3.37. The fourth-order valence-electron chi connectivity index (χ4n) is 4.92. The van der Waals surface area contributed by atoms with Crippen molar-refractivity contribution in [1.82, 2.24) is 39.0 Å². The molecule has 0 aromatic carbocycles. The monoisotopic (exact) mass is 550 g/mol. The molecule has 0 spiro atoms. The van der Waals surface area contributed by atoms with Crippen LogP contribution in [0.25, 0.3) is 21.7 Å². The van der Waals surface area contributed by atoms with Crippen molar-refractivity contribution in [3.63, 3.8) is 0 Å². The number of carbonyl (C=O) groups is 2. The summed E-state index contributed by atoms with van der Waals surface area (Å²) in [6.45, 7) is 3.18. The first-order valence-corrected chi connectivity index (χ1v) is 13.3. The lowest BCUT2D eigenvalue weighted by Gasteiger charge is -2.17. The van der Waals surface area contributed by atoms with Gasteiger partial charge in [0, 0.05) is 50.5 Å². The minimum atomic E-state index is -0.868. The van der Waals surface area contributed by atoms with Gasteiger partial charge < -0.3 is 20.1 Å². The van der Waals surface area contributed by atoms with Gasteiger partial charge in [0.2, 0.25) is 17.8 Å². The Morgan fingerprint density at radius 2 is 1.87 bits per heavy atom. The quantitative estimate of drug-likeness (QED) is 0.328. The van der Waals surface area contributed by atoms with E-state index in [1.54, 1.807) is 24.7 Å². The van der Waals surface area contributed by atoms with Crippen LogP contribution in [0.2, 0.25) is 0 Å². The normalized spacial score (nSPS) is 18.7. The maximum absolute atomic E-state index is 13.2. The van der Waals surface area contributed by atoms with Gasteiger partial charge in [0.15, 0.2) is 11.2 Å². The topological polar surface area (TPSA) is 162 Å². The fourth-order valence-corrected chi connectivity index (χ4v) is 5.65. The number of nitrogens with zero attached hydrogens (tertiary/aromatic N) is 8. The van der Waals surface area contributed by atoms with Crippen LogP contribution in [-0.4, -0.2) is 65.6 Å². The Kier molecular flexibility index (Phi) is 6.01. The molecular weight excluding hydrogens is 524 g/mol. The number of rotatable bonds is 7. The third-order valence-electron chi connectivity index (χ3n) is 7.34. The molecular formula is C24H26N10O4S. The highest BCUT2D eigenvalue weighted by Crippen LogP contribution is 2.45. The van der Waals surface area contributed by atoms with Gasteiger partial charge in [0.25, 0.3) is 5.56 Å². The van der Waals surface area contributed by atoms with E-state index in [0.29, 0.717) is 10.8 Å². The molecule has 2 fully saturated rings. The Bertz CT molecular complexity index is 1710. The predicted molar refractivity (Wildman–Crippen MR) is 144 cm³/mol. The number of nitrogens with one attached hydrogen (secondary N) is 2. The molecule has 1 saturated heterocycles. The van der Waals surface area contributed by atoms with Crippen molar-refractivity contribution >= 4 is 46.1 Å². The number of anilines is 2. The first kappa shape index (κ1) is 24.9. The predicted octanol–water partition coefficient (Wildman–Crippen LogP) is 0.212. The van der Waals surface area contributed by atoms with Crippen LogP contribution in [0.1, 0.15) is 19.4 Å². The highest BCUT2D eigenvalue weighted by atomic mass is 32.1. The second-order valence-corrected chi connectivity index (χ2v) is 10.7. The van der Waals surface area contributed by atoms with Gasteiger partial charge in [-0.1, -0.05) is 0 Å². The molecule has 2 amide bonds. The van der Waals surface area contributed by atoms with Crippen molar-refractivity contribution in [2.75, 3.05) is 30.4 Å². The van der Waals surface area contributed by atoms with Crippen LogP contribution in [-0.2, 0) is 23.2 Å². The number of likely N-dealkylation sites (N-methyl/N-ethyl adjacent to an activating group) is 1. The second-order valence-electron chi connectivity index (χ2n) is 9.87. The van der Waals surface area contributed by atoms with Crippen molar-refractivity contribution in [2.24, 2.45) is 18.9 Å². The lowest BCUT2D eigenvalue weighted by atomic mass is 10.3. The highest BCUT2D eigenvalue weighted by Gasteiger charge is 2.45. The Hall–Kier alpha value is -4.40. The third-order valence-corrected chi connectivity index (χ3v) is 8.23. The number of carbonyl (C=O) groups excluding carboxylic acids is 2. The Balaban J connectivity index is 1.20. The number of hydrogen-bond acceptors (Lipinski definition) is 10. The first-order chi connectivity index (χ1) is 18.7. The second kappa shape index (κ2) is 9.41. The van der Waals surface area contributed by atoms with Gasteiger partial charge in [0.05, 0.1) is 6.33 Å². The van der Waals surface area contributed by atoms with E-state index in [1.807, 2.05) is 0 Å². The summed E-state index contributed by atoms with van der Waals surface area (Å²) in [6.07, 6.45) is 6.12. The van der Waals surface area contributed by atoms with Crippen molar-refractivity contribution in [3.05, 3.63) is 44.9 Å². The van der Waals surface area contributed by atoms with Gasteiger partial charge in [-0.3, -0.25) is 19.0 Å². The Labute approximate surface area is 225 Å². The van der Waals surface area contributed by atoms with Crippen LogP contribution in [0, 0.1) is 11.8 Å². The third kappa shape index (κ3) is 4.37. The van der Waals surface area contributed by atoms with Crippen LogP contribution >= 0.6 is 11.3 Å². The van der Waals surface area contributed by atoms with Gasteiger partial charge in [-0.05, 0) is 25.2 Å². The largest absolute Gasteiger partial charge is 0.358 e. The molecule has 39 heavy (non-hydrogen) atoms. The van der Waals surface area contributed by atoms with E-state index in [0.717, 1.165) is 41.0 Å². The average Bonchev–Trinajstić information content (AvgIpc) is 3.32. The van der Waals surface area contributed by atoms with Crippen LogP contribution in [0.15, 0.2) is 33.7 Å². The van der Waals surface area contributed by atoms with E-state index in [9.17, 15) is 19.2 Å². The smallest absolute Gasteiger partial charge is 0.332 e. The van der Waals surface area contributed by atoms with E-state index < -0.39 is 35.6 Å². The van der Waals surface area contributed by atoms with Crippen molar-refractivity contribution in [1.29, 1.82) is 0 Å². The van der Waals surface area contributed by atoms with E-state index in [4.69, 9.17) is 0 Å². The van der Waals surface area contributed by atoms with E-state index >= 15 is 0 Å². The number of aromatic nitrogens is 7. The highest BCUT2D eigenvalue weighted by molar-refractivity contribution is 7.13. The van der Waals surface area contributed by atoms with Gasteiger partial charge >= 0.3 is 5.69 Å². The molecule has 0 radical (unpaired) electrons. The van der Waals surface area contributed by atoms with Gasteiger partial charge in [-0.15, -0.1) is 11.3 Å². The molecule has 15 heteroatoms. The van der Waals surface area contributed by atoms with Crippen LogP contribution in [0.4, 0.5) is 11.8 Å². The summed E-state index contributed by atoms with van der Waals surface area (Å²) in [5, 5.41) is 7.55. The molecule has 2 aliphatic rings. The Morgan fingerprint density at radius 3 is 2.56 bits per heavy atom. The summed E-state index contributed by atoms with van der Waals surface area (Å²) in [5.41, 5.74) is -0.486. The fraction of sp³-hybridized carbons (Fsp3) is 0.417. The van der Waals surface area contributed by atoms with Crippen molar-refractivity contribution in [3.8, 4) is 10.6 Å². The molecule has 14 nitrogen and oxygen atoms in total. The molecule has 1 aliphatic carbocycles. The van der Waals surface area contributed by atoms with Gasteiger partial charge in [-0.25, -0.2) is 29.3 Å². The summed E-state index contributed by atoms with van der Waals surface area (Å²) in [7, 11) is 2.86. The molecule has 0 bridgehead atoms. The minimum Gasteiger partial charge on any atom is -0.358 e. The van der Waals surface area contributed by atoms with Crippen molar-refractivity contribution in [2.45, 2.75) is 25.9 Å². The van der Waals surface area contributed by atoms with E-state index in [1.165, 1.54) is 47.3 Å². The molecule has 3 unspecified atom stereocenters. The number of aryl methyl sites for hydroxylation is 1. The van der Waals surface area contributed by atoms with E-state index in [-0.39, 0.29) is 11.2 Å². The summed E-state index contributed by atoms with van der Waals surface area (Å²) >= 11 is 1.35. The molecule has 4 aromatic heterocycles. The molecule has 1 saturated carbocycles. The molecule has 3 atom stereocenters. The summed E-state index contributed by atoms with van der Waals surface area (Å²) in [5.74, 6) is 1.72. The zero-order chi connectivity index (χ0) is 27.4. The SMILES string of the molecule is CNC(=O)Cn1c(=O)c2c(ncn2C(C)C(=O)Nc2csc(-c3cnc(N4CC5CC5C4)nc3)n2)n(C)c1=O. The number of piperidine rings is 1. The number of imidazole rings is 1. The molecule has 2 N–H and O–H groups in total. The number of thiazole rings is 1. The molecule has 1 aliphatic heterocycles. The minimum absolute atomic E-state index is 0.0372. The summed E-state index contributed by atoms with van der Waals surface area (Å²) in [6, 6.07) is -0.868.